The van der Waals surface area contributed by atoms with Crippen LogP contribution < -0.4 is 11.1 Å². The Balaban J connectivity index is 0.000000277. The zero-order valence-electron chi connectivity index (χ0n) is 12.8. The van der Waals surface area contributed by atoms with Crippen molar-refractivity contribution in [3.8, 4) is 10.4 Å². The lowest BCUT2D eigenvalue weighted by molar-refractivity contribution is -0.192. The van der Waals surface area contributed by atoms with Gasteiger partial charge >= 0.3 is 12.1 Å². The molecule has 0 unspecified atom stereocenters. The molecule has 0 radical (unpaired) electrons. The van der Waals surface area contributed by atoms with Crippen LogP contribution in [0.1, 0.15) is 0 Å². The number of aromatic nitrogens is 2. The van der Waals surface area contributed by atoms with E-state index in [4.69, 9.17) is 15.6 Å². The van der Waals surface area contributed by atoms with Gasteiger partial charge in [0.05, 0.1) is 5.52 Å². The van der Waals surface area contributed by atoms with E-state index in [1.807, 2.05) is 25.2 Å². The number of rotatable bonds is 2. The zero-order chi connectivity index (χ0) is 18.6. The number of halogens is 3. The van der Waals surface area contributed by atoms with Gasteiger partial charge in [0.25, 0.3) is 0 Å². The Bertz CT molecular complexity index is 882. The van der Waals surface area contributed by atoms with Crippen LogP contribution in [0.15, 0.2) is 35.7 Å². The first kappa shape index (κ1) is 18.5. The van der Waals surface area contributed by atoms with Gasteiger partial charge in [-0.2, -0.15) is 18.2 Å². The minimum absolute atomic E-state index is 0.287. The first-order valence-electron chi connectivity index (χ1n) is 6.81. The first-order valence-corrected chi connectivity index (χ1v) is 7.69. The van der Waals surface area contributed by atoms with Crippen molar-refractivity contribution in [1.29, 1.82) is 0 Å². The van der Waals surface area contributed by atoms with Crippen molar-refractivity contribution in [3.05, 3.63) is 35.7 Å². The lowest BCUT2D eigenvalue weighted by Gasteiger charge is -2.07. The molecule has 6 nitrogen and oxygen atoms in total. The molecule has 2 aromatic heterocycles. The van der Waals surface area contributed by atoms with E-state index in [-0.39, 0.29) is 5.95 Å². The number of nitrogens with one attached hydrogen (secondary N) is 1. The monoisotopic (exact) mass is 370 g/mol. The van der Waals surface area contributed by atoms with Gasteiger partial charge < -0.3 is 16.2 Å². The summed E-state index contributed by atoms with van der Waals surface area (Å²) in [5, 5.41) is 13.2. The summed E-state index contributed by atoms with van der Waals surface area (Å²) in [5.41, 5.74) is 7.72. The number of alkyl halides is 3. The van der Waals surface area contributed by atoms with Crippen molar-refractivity contribution in [2.24, 2.45) is 0 Å². The number of nitrogens with zero attached hydrogens (tertiary/aromatic N) is 2. The summed E-state index contributed by atoms with van der Waals surface area (Å²) >= 11 is 1.71. The minimum atomic E-state index is -5.08. The van der Waals surface area contributed by atoms with Gasteiger partial charge in [-0.1, -0.05) is 12.1 Å². The number of benzene rings is 1. The molecule has 25 heavy (non-hydrogen) atoms. The van der Waals surface area contributed by atoms with Crippen LogP contribution >= 0.6 is 11.3 Å². The molecule has 0 spiro atoms. The SMILES string of the molecule is CNc1nc(N)nc2cc(-c3cccs3)ccc12.O=C(O)C(F)(F)F. The van der Waals surface area contributed by atoms with Crippen molar-refractivity contribution >= 4 is 40.0 Å². The normalized spacial score (nSPS) is 10.9. The average Bonchev–Trinajstić information content (AvgIpc) is 3.07. The van der Waals surface area contributed by atoms with E-state index in [9.17, 15) is 13.2 Å². The number of fused-ring (bicyclic) bond motifs is 1. The van der Waals surface area contributed by atoms with Gasteiger partial charge in [-0.3, -0.25) is 0 Å². The number of hydrogen-bond acceptors (Lipinski definition) is 6. The molecule has 4 N–H and O–H groups in total. The molecule has 0 aliphatic rings. The molecule has 10 heteroatoms. The minimum Gasteiger partial charge on any atom is -0.475 e. The largest absolute Gasteiger partial charge is 0.490 e. The number of carbonyl (C=O) groups is 1. The Morgan fingerprint density at radius 1 is 1.28 bits per heavy atom. The molecule has 0 aliphatic carbocycles. The summed E-state index contributed by atoms with van der Waals surface area (Å²) in [6.45, 7) is 0. The highest BCUT2D eigenvalue weighted by molar-refractivity contribution is 7.13. The summed E-state index contributed by atoms with van der Waals surface area (Å²) in [7, 11) is 1.83. The second kappa shape index (κ2) is 7.34. The molecule has 0 bridgehead atoms. The van der Waals surface area contributed by atoms with Gasteiger partial charge in [0.15, 0.2) is 0 Å². The topological polar surface area (TPSA) is 101 Å². The van der Waals surface area contributed by atoms with Crippen LogP contribution in [-0.4, -0.2) is 34.3 Å². The molecule has 0 aliphatic heterocycles. The van der Waals surface area contributed by atoms with E-state index in [1.165, 1.54) is 4.88 Å². The lowest BCUT2D eigenvalue weighted by Crippen LogP contribution is -2.21. The molecule has 0 saturated carbocycles. The van der Waals surface area contributed by atoms with E-state index >= 15 is 0 Å². The number of anilines is 2. The standard InChI is InChI=1S/C13H12N4S.C2HF3O2/c1-15-12-9-5-4-8(11-3-2-6-18-11)7-10(9)16-13(14)17-12;3-2(4,5)1(6)7/h2-7H,1H3,(H3,14,15,16,17);(H,6,7). The van der Waals surface area contributed by atoms with Crippen LogP contribution in [0.25, 0.3) is 21.3 Å². The quantitative estimate of drug-likeness (QED) is 0.637. The predicted molar refractivity (Wildman–Crippen MR) is 90.5 cm³/mol. The maximum absolute atomic E-state index is 10.6. The highest BCUT2D eigenvalue weighted by Crippen LogP contribution is 2.29. The zero-order valence-corrected chi connectivity index (χ0v) is 13.6. The molecule has 132 valence electrons. The number of carboxylic acids is 1. The van der Waals surface area contributed by atoms with Crippen molar-refractivity contribution in [3.63, 3.8) is 0 Å². The molecule has 3 aromatic rings. The van der Waals surface area contributed by atoms with E-state index in [2.05, 4.69) is 32.8 Å². The summed E-state index contributed by atoms with van der Waals surface area (Å²) in [4.78, 5) is 18.6. The molecule has 0 atom stereocenters. The summed E-state index contributed by atoms with van der Waals surface area (Å²) < 4.78 is 31.7. The van der Waals surface area contributed by atoms with Crippen LogP contribution in [0.5, 0.6) is 0 Å². The van der Waals surface area contributed by atoms with Gasteiger partial charge in [0, 0.05) is 17.3 Å². The Morgan fingerprint density at radius 3 is 2.48 bits per heavy atom. The van der Waals surface area contributed by atoms with Crippen molar-refractivity contribution in [2.75, 3.05) is 18.1 Å². The number of nitrogen functional groups attached to an aromatic ring is 1. The number of thiophene rings is 1. The number of aliphatic carboxylic acids is 1. The summed E-state index contributed by atoms with van der Waals surface area (Å²) in [5.74, 6) is -1.71. The van der Waals surface area contributed by atoms with E-state index in [0.29, 0.717) is 0 Å². The highest BCUT2D eigenvalue weighted by Gasteiger charge is 2.38. The predicted octanol–water partition coefficient (Wildman–Crippen LogP) is 3.62. The fourth-order valence-electron chi connectivity index (χ4n) is 1.93. The lowest BCUT2D eigenvalue weighted by atomic mass is 10.1. The van der Waals surface area contributed by atoms with E-state index < -0.39 is 12.1 Å². The van der Waals surface area contributed by atoms with Gasteiger partial charge in [0.1, 0.15) is 5.82 Å². The van der Waals surface area contributed by atoms with Crippen molar-refractivity contribution < 1.29 is 23.1 Å². The summed E-state index contributed by atoms with van der Waals surface area (Å²) in [6.07, 6.45) is -5.08. The molecule has 0 amide bonds. The van der Waals surface area contributed by atoms with Gasteiger partial charge in [-0.25, -0.2) is 9.78 Å². The number of carboxylic acid groups (broad SMARTS) is 1. The third kappa shape index (κ3) is 4.57. The Labute approximate surface area is 144 Å². The average molecular weight is 370 g/mol. The van der Waals surface area contributed by atoms with E-state index in [1.54, 1.807) is 11.3 Å². The van der Waals surface area contributed by atoms with Crippen LogP contribution in [0, 0.1) is 0 Å². The van der Waals surface area contributed by atoms with Gasteiger partial charge in [-0.15, -0.1) is 11.3 Å². The Hall–Kier alpha value is -2.88. The maximum Gasteiger partial charge on any atom is 0.490 e. The van der Waals surface area contributed by atoms with Crippen molar-refractivity contribution in [1.82, 2.24) is 9.97 Å². The first-order chi connectivity index (χ1) is 11.7. The number of hydrogen-bond donors (Lipinski definition) is 3. The van der Waals surface area contributed by atoms with Crippen molar-refractivity contribution in [2.45, 2.75) is 6.18 Å². The molecule has 0 saturated heterocycles. The fourth-order valence-corrected chi connectivity index (χ4v) is 2.66. The molecule has 2 heterocycles. The molecule has 0 fully saturated rings. The Morgan fingerprint density at radius 2 is 1.96 bits per heavy atom. The van der Waals surface area contributed by atoms with E-state index in [0.717, 1.165) is 22.3 Å². The number of nitrogens with two attached hydrogens (primary N) is 1. The second-order valence-corrected chi connectivity index (χ2v) is 5.64. The molecule has 1 aromatic carbocycles. The highest BCUT2D eigenvalue weighted by atomic mass is 32.1. The smallest absolute Gasteiger partial charge is 0.475 e. The molecular formula is C15H13F3N4O2S. The fraction of sp³-hybridized carbons (Fsp3) is 0.133. The van der Waals surface area contributed by atoms with Crippen LogP contribution in [-0.2, 0) is 4.79 Å². The second-order valence-electron chi connectivity index (χ2n) is 4.69. The van der Waals surface area contributed by atoms with Gasteiger partial charge in [-0.05, 0) is 29.1 Å². The van der Waals surface area contributed by atoms with Gasteiger partial charge in [0.2, 0.25) is 5.95 Å². The molecular weight excluding hydrogens is 357 g/mol. The summed E-state index contributed by atoms with van der Waals surface area (Å²) in [6, 6.07) is 10.3. The third-order valence-corrected chi connectivity index (χ3v) is 3.92. The maximum atomic E-state index is 10.6. The third-order valence-electron chi connectivity index (χ3n) is 3.00. The molecule has 3 rings (SSSR count). The van der Waals surface area contributed by atoms with Crippen LogP contribution in [0.4, 0.5) is 24.9 Å². The van der Waals surface area contributed by atoms with Crippen LogP contribution in [0.3, 0.4) is 0 Å². The van der Waals surface area contributed by atoms with Crippen LogP contribution in [0.2, 0.25) is 0 Å². The Kier molecular flexibility index (Phi) is 5.42.